The van der Waals surface area contributed by atoms with Gasteiger partial charge < -0.3 is 10.1 Å². The van der Waals surface area contributed by atoms with Crippen molar-refractivity contribution in [3.8, 4) is 5.75 Å². The molecular weight excluding hydrogens is 258 g/mol. The van der Waals surface area contributed by atoms with E-state index >= 15 is 0 Å². The number of rotatable bonds is 7. The van der Waals surface area contributed by atoms with E-state index in [9.17, 15) is 0 Å². The van der Waals surface area contributed by atoms with E-state index in [-0.39, 0.29) is 0 Å². The summed E-state index contributed by atoms with van der Waals surface area (Å²) in [4.78, 5) is 0. The van der Waals surface area contributed by atoms with Crippen molar-refractivity contribution in [3.05, 3.63) is 28.8 Å². The second-order valence-electron chi connectivity index (χ2n) is 5.90. The quantitative estimate of drug-likeness (QED) is 0.806. The van der Waals surface area contributed by atoms with Gasteiger partial charge in [-0.15, -0.1) is 0 Å². The van der Waals surface area contributed by atoms with Crippen molar-refractivity contribution in [1.82, 2.24) is 5.32 Å². The number of hydrogen-bond acceptors (Lipinski definition) is 2. The Labute approximate surface area is 121 Å². The maximum absolute atomic E-state index is 6.26. The van der Waals surface area contributed by atoms with Crippen LogP contribution in [0.2, 0.25) is 5.02 Å². The van der Waals surface area contributed by atoms with Gasteiger partial charge in [0.1, 0.15) is 5.75 Å². The smallest absolute Gasteiger partial charge is 0.137 e. The van der Waals surface area contributed by atoms with Gasteiger partial charge in [0, 0.05) is 6.54 Å². The molecule has 0 amide bonds. The van der Waals surface area contributed by atoms with E-state index < -0.39 is 0 Å². The highest BCUT2D eigenvalue weighted by Crippen LogP contribution is 2.30. The van der Waals surface area contributed by atoms with Crippen molar-refractivity contribution in [2.45, 2.75) is 39.7 Å². The Bertz CT molecular complexity index is 402. The molecule has 1 aliphatic rings. The van der Waals surface area contributed by atoms with Gasteiger partial charge in [-0.05, 0) is 48.9 Å². The van der Waals surface area contributed by atoms with Crippen LogP contribution in [0.5, 0.6) is 5.75 Å². The summed E-state index contributed by atoms with van der Waals surface area (Å²) in [5.74, 6) is 2.23. The van der Waals surface area contributed by atoms with Crippen molar-refractivity contribution in [1.29, 1.82) is 0 Å². The standard InChI is InChI=1S/C16H24ClNO/c1-12(2)9-18-10-14-6-7-16(15(17)8-14)19-11-13-4-3-5-13/h6-8,12-13,18H,3-5,9-11H2,1-2H3. The molecule has 1 aromatic carbocycles. The summed E-state index contributed by atoms with van der Waals surface area (Å²) in [6.07, 6.45) is 3.95. The zero-order valence-corrected chi connectivity index (χ0v) is 12.7. The summed E-state index contributed by atoms with van der Waals surface area (Å²) in [6.45, 7) is 7.11. The first-order chi connectivity index (χ1) is 9.15. The lowest BCUT2D eigenvalue weighted by molar-refractivity contribution is 0.180. The van der Waals surface area contributed by atoms with E-state index in [1.54, 1.807) is 0 Å². The molecule has 2 nitrogen and oxygen atoms in total. The minimum absolute atomic E-state index is 0.667. The van der Waals surface area contributed by atoms with Gasteiger partial charge in [0.25, 0.3) is 0 Å². The minimum Gasteiger partial charge on any atom is -0.492 e. The van der Waals surface area contributed by atoms with Crippen molar-refractivity contribution in [2.75, 3.05) is 13.2 Å². The van der Waals surface area contributed by atoms with E-state index in [1.165, 1.54) is 24.8 Å². The number of halogens is 1. The lowest BCUT2D eigenvalue weighted by Gasteiger charge is -2.25. The maximum atomic E-state index is 6.26. The van der Waals surface area contributed by atoms with E-state index in [0.717, 1.165) is 36.4 Å². The average molecular weight is 282 g/mol. The predicted molar refractivity (Wildman–Crippen MR) is 80.8 cm³/mol. The predicted octanol–water partition coefficient (Wildman–Crippen LogP) is 4.26. The first-order valence-electron chi connectivity index (χ1n) is 7.27. The van der Waals surface area contributed by atoms with E-state index in [0.29, 0.717) is 5.92 Å². The molecule has 0 saturated heterocycles. The SMILES string of the molecule is CC(C)CNCc1ccc(OCC2CCC2)c(Cl)c1. The molecule has 0 radical (unpaired) electrons. The minimum atomic E-state index is 0.667. The van der Waals surface area contributed by atoms with Crippen LogP contribution in [0.3, 0.4) is 0 Å². The Balaban J connectivity index is 1.81. The molecule has 1 aliphatic carbocycles. The largest absolute Gasteiger partial charge is 0.492 e. The van der Waals surface area contributed by atoms with E-state index in [4.69, 9.17) is 16.3 Å². The Morgan fingerprint density at radius 1 is 1.37 bits per heavy atom. The normalized spacial score (nSPS) is 15.6. The van der Waals surface area contributed by atoms with E-state index in [1.807, 2.05) is 12.1 Å². The Kier molecular flexibility index (Phi) is 5.53. The van der Waals surface area contributed by atoms with Crippen molar-refractivity contribution in [2.24, 2.45) is 11.8 Å². The Hall–Kier alpha value is -0.730. The first kappa shape index (κ1) is 14.7. The summed E-state index contributed by atoms with van der Waals surface area (Å²) >= 11 is 6.26. The molecule has 0 spiro atoms. The monoisotopic (exact) mass is 281 g/mol. The van der Waals surface area contributed by atoms with Crippen molar-refractivity contribution < 1.29 is 4.74 Å². The molecule has 19 heavy (non-hydrogen) atoms. The molecule has 3 heteroatoms. The third kappa shape index (κ3) is 4.70. The zero-order valence-electron chi connectivity index (χ0n) is 11.9. The highest BCUT2D eigenvalue weighted by atomic mass is 35.5. The summed E-state index contributed by atoms with van der Waals surface area (Å²) in [5, 5.41) is 4.14. The molecular formula is C16H24ClNO. The highest BCUT2D eigenvalue weighted by molar-refractivity contribution is 6.32. The van der Waals surface area contributed by atoms with Gasteiger partial charge >= 0.3 is 0 Å². The van der Waals surface area contributed by atoms with Gasteiger partial charge in [-0.2, -0.15) is 0 Å². The molecule has 0 heterocycles. The molecule has 0 bridgehead atoms. The molecule has 2 rings (SSSR count). The summed E-state index contributed by atoms with van der Waals surface area (Å²) < 4.78 is 5.79. The molecule has 0 unspecified atom stereocenters. The highest BCUT2D eigenvalue weighted by Gasteiger charge is 2.18. The summed E-state index contributed by atoms with van der Waals surface area (Å²) in [5.41, 5.74) is 1.21. The van der Waals surface area contributed by atoms with Crippen molar-refractivity contribution >= 4 is 11.6 Å². The first-order valence-corrected chi connectivity index (χ1v) is 7.65. The van der Waals surface area contributed by atoms with Gasteiger partial charge in [0.2, 0.25) is 0 Å². The van der Waals surface area contributed by atoms with Gasteiger partial charge in [0.05, 0.1) is 11.6 Å². The van der Waals surface area contributed by atoms with Crippen LogP contribution in [-0.2, 0) is 6.54 Å². The van der Waals surface area contributed by atoms with Crippen LogP contribution in [0.1, 0.15) is 38.7 Å². The molecule has 1 aromatic rings. The van der Waals surface area contributed by atoms with Crippen LogP contribution in [0, 0.1) is 11.8 Å². The molecule has 0 atom stereocenters. The van der Waals surface area contributed by atoms with Crippen LogP contribution in [0.25, 0.3) is 0 Å². The van der Waals surface area contributed by atoms with E-state index in [2.05, 4.69) is 25.2 Å². The number of ether oxygens (including phenoxy) is 1. The molecule has 106 valence electrons. The van der Waals surface area contributed by atoms with Gasteiger partial charge in [-0.3, -0.25) is 0 Å². The number of hydrogen-bond donors (Lipinski definition) is 1. The second-order valence-corrected chi connectivity index (χ2v) is 6.30. The maximum Gasteiger partial charge on any atom is 0.137 e. The third-order valence-electron chi connectivity index (χ3n) is 3.58. The Morgan fingerprint density at radius 3 is 2.74 bits per heavy atom. The molecule has 1 N–H and O–H groups in total. The van der Waals surface area contributed by atoms with Gasteiger partial charge in [-0.25, -0.2) is 0 Å². The average Bonchev–Trinajstić information content (AvgIpc) is 2.29. The van der Waals surface area contributed by atoms with Crippen LogP contribution in [0.15, 0.2) is 18.2 Å². The third-order valence-corrected chi connectivity index (χ3v) is 3.87. The van der Waals surface area contributed by atoms with Crippen LogP contribution < -0.4 is 10.1 Å². The topological polar surface area (TPSA) is 21.3 Å². The molecule has 1 fully saturated rings. The van der Waals surface area contributed by atoms with Crippen molar-refractivity contribution in [3.63, 3.8) is 0 Å². The number of benzene rings is 1. The lowest BCUT2D eigenvalue weighted by atomic mass is 9.86. The fourth-order valence-corrected chi connectivity index (χ4v) is 2.40. The molecule has 0 aliphatic heterocycles. The van der Waals surface area contributed by atoms with Crippen LogP contribution in [-0.4, -0.2) is 13.2 Å². The van der Waals surface area contributed by atoms with Crippen LogP contribution >= 0.6 is 11.6 Å². The summed E-state index contributed by atoms with van der Waals surface area (Å²) in [6, 6.07) is 6.09. The number of nitrogens with one attached hydrogen (secondary N) is 1. The van der Waals surface area contributed by atoms with Gasteiger partial charge in [-0.1, -0.05) is 37.9 Å². The van der Waals surface area contributed by atoms with Crippen LogP contribution in [0.4, 0.5) is 0 Å². The zero-order chi connectivity index (χ0) is 13.7. The molecule has 0 aromatic heterocycles. The fourth-order valence-electron chi connectivity index (χ4n) is 2.14. The second kappa shape index (κ2) is 7.16. The summed E-state index contributed by atoms with van der Waals surface area (Å²) in [7, 11) is 0. The fraction of sp³-hybridized carbons (Fsp3) is 0.625. The molecule has 1 saturated carbocycles. The lowest BCUT2D eigenvalue weighted by Crippen LogP contribution is -2.20. The van der Waals surface area contributed by atoms with Gasteiger partial charge in [0.15, 0.2) is 0 Å². The Morgan fingerprint density at radius 2 is 2.16 bits per heavy atom.